The Kier molecular flexibility index (Phi) is 5.43. The molecular formula is C17H23N5O2. The SMILES string of the molecule is COc1ccc(CNc2ncnc(N3CCCC(CO)C3)n2)cc1. The number of rotatable bonds is 6. The highest BCUT2D eigenvalue weighted by Crippen LogP contribution is 2.20. The number of benzene rings is 1. The summed E-state index contributed by atoms with van der Waals surface area (Å²) in [5.74, 6) is 2.36. The van der Waals surface area contributed by atoms with E-state index in [9.17, 15) is 5.11 Å². The van der Waals surface area contributed by atoms with Gasteiger partial charge in [0.1, 0.15) is 12.1 Å². The molecule has 0 aliphatic carbocycles. The maximum Gasteiger partial charge on any atom is 0.230 e. The van der Waals surface area contributed by atoms with Crippen LogP contribution in [0.4, 0.5) is 11.9 Å². The minimum atomic E-state index is 0.212. The van der Waals surface area contributed by atoms with E-state index in [1.807, 2.05) is 24.3 Å². The van der Waals surface area contributed by atoms with Gasteiger partial charge in [-0.2, -0.15) is 4.98 Å². The first-order valence-electron chi connectivity index (χ1n) is 8.20. The molecule has 1 aliphatic rings. The quantitative estimate of drug-likeness (QED) is 0.834. The van der Waals surface area contributed by atoms with Gasteiger partial charge in [0.05, 0.1) is 7.11 Å². The molecule has 1 fully saturated rings. The molecule has 2 N–H and O–H groups in total. The third-order valence-electron chi connectivity index (χ3n) is 4.23. The molecule has 1 aromatic heterocycles. The lowest BCUT2D eigenvalue weighted by Crippen LogP contribution is -2.38. The zero-order chi connectivity index (χ0) is 16.8. The molecule has 0 radical (unpaired) electrons. The highest BCUT2D eigenvalue weighted by atomic mass is 16.5. The van der Waals surface area contributed by atoms with Crippen molar-refractivity contribution in [3.05, 3.63) is 36.2 Å². The fourth-order valence-electron chi connectivity index (χ4n) is 2.85. The number of ether oxygens (including phenoxy) is 1. The zero-order valence-corrected chi connectivity index (χ0v) is 13.9. The summed E-state index contributed by atoms with van der Waals surface area (Å²) in [6.07, 6.45) is 3.63. The van der Waals surface area contributed by atoms with Gasteiger partial charge in [-0.25, -0.2) is 9.97 Å². The predicted molar refractivity (Wildman–Crippen MR) is 92.2 cm³/mol. The number of hydrogen-bond donors (Lipinski definition) is 2. The first-order chi connectivity index (χ1) is 11.8. The van der Waals surface area contributed by atoms with Gasteiger partial charge in [0.25, 0.3) is 0 Å². The highest BCUT2D eigenvalue weighted by Gasteiger charge is 2.21. The Bertz CT molecular complexity index is 650. The molecule has 1 saturated heterocycles. The third kappa shape index (κ3) is 4.11. The van der Waals surface area contributed by atoms with Crippen LogP contribution in [0, 0.1) is 5.92 Å². The molecule has 0 spiro atoms. The Morgan fingerprint density at radius 2 is 2.12 bits per heavy atom. The van der Waals surface area contributed by atoms with Crippen LogP contribution in [0.3, 0.4) is 0 Å². The molecular weight excluding hydrogens is 306 g/mol. The molecule has 1 unspecified atom stereocenters. The molecule has 24 heavy (non-hydrogen) atoms. The van der Waals surface area contributed by atoms with Gasteiger partial charge >= 0.3 is 0 Å². The summed E-state index contributed by atoms with van der Waals surface area (Å²) in [6, 6.07) is 7.87. The smallest absolute Gasteiger partial charge is 0.230 e. The van der Waals surface area contributed by atoms with Crippen LogP contribution >= 0.6 is 0 Å². The maximum absolute atomic E-state index is 9.36. The van der Waals surface area contributed by atoms with E-state index < -0.39 is 0 Å². The molecule has 2 heterocycles. The average Bonchev–Trinajstić information content (AvgIpc) is 2.67. The number of aromatic nitrogens is 3. The number of aliphatic hydroxyl groups is 1. The first kappa shape index (κ1) is 16.4. The monoisotopic (exact) mass is 329 g/mol. The fraction of sp³-hybridized carbons (Fsp3) is 0.471. The van der Waals surface area contributed by atoms with Crippen LogP contribution in [0.25, 0.3) is 0 Å². The van der Waals surface area contributed by atoms with Gasteiger partial charge in [-0.3, -0.25) is 0 Å². The van der Waals surface area contributed by atoms with Crippen molar-refractivity contribution in [2.45, 2.75) is 19.4 Å². The van der Waals surface area contributed by atoms with E-state index in [0.29, 0.717) is 24.4 Å². The van der Waals surface area contributed by atoms with Crippen LogP contribution in [0.2, 0.25) is 0 Å². The van der Waals surface area contributed by atoms with Crippen LogP contribution < -0.4 is 15.0 Å². The molecule has 0 amide bonds. The van der Waals surface area contributed by atoms with Crippen LogP contribution in [-0.2, 0) is 6.54 Å². The molecule has 2 aromatic rings. The lowest BCUT2D eigenvalue weighted by Gasteiger charge is -2.31. The Labute approximate surface area is 141 Å². The van der Waals surface area contributed by atoms with Gasteiger partial charge in [0.2, 0.25) is 11.9 Å². The van der Waals surface area contributed by atoms with Gasteiger partial charge in [-0.05, 0) is 36.5 Å². The Morgan fingerprint density at radius 1 is 1.29 bits per heavy atom. The topological polar surface area (TPSA) is 83.4 Å². The van der Waals surface area contributed by atoms with Crippen LogP contribution in [0.1, 0.15) is 18.4 Å². The van der Waals surface area contributed by atoms with E-state index in [1.165, 1.54) is 6.33 Å². The largest absolute Gasteiger partial charge is 0.497 e. The van der Waals surface area contributed by atoms with E-state index in [-0.39, 0.29) is 6.61 Å². The third-order valence-corrected chi connectivity index (χ3v) is 4.23. The normalized spacial score (nSPS) is 17.6. The van der Waals surface area contributed by atoms with E-state index in [0.717, 1.165) is 37.2 Å². The maximum atomic E-state index is 9.36. The molecule has 7 nitrogen and oxygen atoms in total. The first-order valence-corrected chi connectivity index (χ1v) is 8.20. The molecule has 1 aromatic carbocycles. The fourth-order valence-corrected chi connectivity index (χ4v) is 2.85. The van der Waals surface area contributed by atoms with Gasteiger partial charge in [0.15, 0.2) is 0 Å². The molecule has 1 atom stereocenters. The molecule has 0 bridgehead atoms. The summed E-state index contributed by atoms with van der Waals surface area (Å²) in [5, 5.41) is 12.6. The molecule has 7 heteroatoms. The van der Waals surface area contributed by atoms with Crippen molar-refractivity contribution in [2.75, 3.05) is 37.0 Å². The number of nitrogens with one attached hydrogen (secondary N) is 1. The van der Waals surface area contributed by atoms with Crippen LogP contribution in [-0.4, -0.2) is 46.9 Å². The minimum absolute atomic E-state index is 0.212. The number of nitrogens with zero attached hydrogens (tertiary/aromatic N) is 4. The summed E-state index contributed by atoms with van der Waals surface area (Å²) in [4.78, 5) is 15.1. The minimum Gasteiger partial charge on any atom is -0.497 e. The Morgan fingerprint density at radius 3 is 2.88 bits per heavy atom. The standard InChI is InChI=1S/C17H23N5O2/c1-24-15-6-4-13(5-7-15)9-18-16-19-12-20-17(21-16)22-8-2-3-14(10-22)11-23/h4-7,12,14,23H,2-3,8-11H2,1H3,(H,18,19,20,21). The molecule has 128 valence electrons. The van der Waals surface area contributed by atoms with Crippen LogP contribution in [0.15, 0.2) is 30.6 Å². The van der Waals surface area contributed by atoms with E-state index in [2.05, 4.69) is 25.2 Å². The number of hydrogen-bond acceptors (Lipinski definition) is 7. The summed E-state index contributed by atoms with van der Waals surface area (Å²) in [6.45, 7) is 2.55. The predicted octanol–water partition coefficient (Wildman–Crippen LogP) is 1.70. The summed E-state index contributed by atoms with van der Waals surface area (Å²) in [7, 11) is 1.65. The zero-order valence-electron chi connectivity index (χ0n) is 13.9. The lowest BCUT2D eigenvalue weighted by atomic mass is 9.99. The number of methoxy groups -OCH3 is 1. The Balaban J connectivity index is 1.62. The molecule has 0 saturated carbocycles. The second kappa shape index (κ2) is 7.92. The molecule has 1 aliphatic heterocycles. The van der Waals surface area contributed by atoms with Crippen molar-refractivity contribution in [3.63, 3.8) is 0 Å². The van der Waals surface area contributed by atoms with E-state index in [1.54, 1.807) is 7.11 Å². The van der Waals surface area contributed by atoms with Crippen molar-refractivity contribution in [1.82, 2.24) is 15.0 Å². The van der Waals surface area contributed by atoms with E-state index >= 15 is 0 Å². The average molecular weight is 329 g/mol. The lowest BCUT2D eigenvalue weighted by molar-refractivity contribution is 0.208. The highest BCUT2D eigenvalue weighted by molar-refractivity contribution is 5.37. The van der Waals surface area contributed by atoms with Crippen LogP contribution in [0.5, 0.6) is 5.75 Å². The van der Waals surface area contributed by atoms with Crippen molar-refractivity contribution in [1.29, 1.82) is 0 Å². The van der Waals surface area contributed by atoms with Crippen molar-refractivity contribution >= 4 is 11.9 Å². The Hall–Kier alpha value is -2.41. The van der Waals surface area contributed by atoms with Gasteiger partial charge in [-0.15, -0.1) is 0 Å². The number of aliphatic hydroxyl groups excluding tert-OH is 1. The van der Waals surface area contributed by atoms with Crippen molar-refractivity contribution < 1.29 is 9.84 Å². The molecule has 3 rings (SSSR count). The van der Waals surface area contributed by atoms with Crippen molar-refractivity contribution in [3.8, 4) is 5.75 Å². The van der Waals surface area contributed by atoms with Crippen molar-refractivity contribution in [2.24, 2.45) is 5.92 Å². The summed E-state index contributed by atoms with van der Waals surface area (Å²) >= 11 is 0. The number of anilines is 2. The second-order valence-electron chi connectivity index (χ2n) is 5.95. The van der Waals surface area contributed by atoms with Gasteiger partial charge in [-0.1, -0.05) is 12.1 Å². The number of piperidine rings is 1. The summed E-state index contributed by atoms with van der Waals surface area (Å²) < 4.78 is 5.16. The summed E-state index contributed by atoms with van der Waals surface area (Å²) in [5.41, 5.74) is 1.12. The second-order valence-corrected chi connectivity index (χ2v) is 5.95. The van der Waals surface area contributed by atoms with Gasteiger partial charge in [0, 0.05) is 26.2 Å². The van der Waals surface area contributed by atoms with E-state index in [4.69, 9.17) is 4.74 Å². The van der Waals surface area contributed by atoms with Gasteiger partial charge < -0.3 is 20.1 Å².